The van der Waals surface area contributed by atoms with E-state index in [0.29, 0.717) is 5.41 Å². The normalized spacial score (nSPS) is 29.6. The molecular formula is C18H21N. The second-order valence-corrected chi connectivity index (χ2v) is 6.53. The molecule has 2 aromatic carbocycles. The number of rotatable bonds is 4. The highest BCUT2D eigenvalue weighted by Crippen LogP contribution is 2.55. The summed E-state index contributed by atoms with van der Waals surface area (Å²) in [5.41, 5.74) is 1.94. The molecule has 2 aliphatic carbocycles. The van der Waals surface area contributed by atoms with Gasteiger partial charge in [0.2, 0.25) is 0 Å². The summed E-state index contributed by atoms with van der Waals surface area (Å²) < 4.78 is 0. The molecular weight excluding hydrogens is 230 g/mol. The van der Waals surface area contributed by atoms with Crippen LogP contribution in [0.3, 0.4) is 0 Å². The molecule has 0 aliphatic heterocycles. The largest absolute Gasteiger partial charge is 0.314 e. The van der Waals surface area contributed by atoms with Crippen LogP contribution in [-0.2, 0) is 5.41 Å². The van der Waals surface area contributed by atoms with Crippen LogP contribution in [0, 0.1) is 5.92 Å². The molecule has 0 amide bonds. The van der Waals surface area contributed by atoms with Crippen molar-refractivity contribution >= 4 is 10.8 Å². The fourth-order valence-corrected chi connectivity index (χ4v) is 3.40. The van der Waals surface area contributed by atoms with Crippen molar-refractivity contribution in [1.82, 2.24) is 5.32 Å². The van der Waals surface area contributed by atoms with Gasteiger partial charge in [-0.3, -0.25) is 0 Å². The molecule has 2 aromatic rings. The molecule has 2 atom stereocenters. The summed E-state index contributed by atoms with van der Waals surface area (Å²) in [6.45, 7) is 3.64. The highest BCUT2D eigenvalue weighted by Gasteiger charge is 2.51. The zero-order chi connectivity index (χ0) is 12.9. The van der Waals surface area contributed by atoms with Crippen molar-refractivity contribution in [2.24, 2.45) is 5.92 Å². The van der Waals surface area contributed by atoms with E-state index >= 15 is 0 Å². The molecule has 98 valence electrons. The van der Waals surface area contributed by atoms with Gasteiger partial charge in [0.1, 0.15) is 0 Å². The van der Waals surface area contributed by atoms with Crippen molar-refractivity contribution in [3.63, 3.8) is 0 Å². The fourth-order valence-electron chi connectivity index (χ4n) is 3.40. The van der Waals surface area contributed by atoms with E-state index in [1.165, 1.54) is 36.6 Å². The van der Waals surface area contributed by atoms with Gasteiger partial charge in [-0.2, -0.15) is 0 Å². The Labute approximate surface area is 115 Å². The van der Waals surface area contributed by atoms with Crippen LogP contribution in [0.4, 0.5) is 0 Å². The van der Waals surface area contributed by atoms with Gasteiger partial charge in [0.15, 0.2) is 0 Å². The minimum absolute atomic E-state index is 0.392. The Balaban J connectivity index is 1.63. The molecule has 19 heavy (non-hydrogen) atoms. The topological polar surface area (TPSA) is 12.0 Å². The van der Waals surface area contributed by atoms with E-state index in [0.717, 1.165) is 12.0 Å². The predicted molar refractivity (Wildman–Crippen MR) is 80.4 cm³/mol. The van der Waals surface area contributed by atoms with Crippen molar-refractivity contribution in [2.45, 2.75) is 37.6 Å². The summed E-state index contributed by atoms with van der Waals surface area (Å²) in [5, 5.41) is 6.51. The summed E-state index contributed by atoms with van der Waals surface area (Å²) in [6, 6.07) is 16.4. The monoisotopic (exact) mass is 251 g/mol. The van der Waals surface area contributed by atoms with Crippen molar-refractivity contribution in [2.75, 3.05) is 6.54 Å². The van der Waals surface area contributed by atoms with Crippen LogP contribution in [0.25, 0.3) is 10.8 Å². The van der Waals surface area contributed by atoms with Gasteiger partial charge < -0.3 is 5.32 Å². The first-order chi connectivity index (χ1) is 9.27. The van der Waals surface area contributed by atoms with Crippen LogP contribution >= 0.6 is 0 Å². The molecule has 0 aromatic heterocycles. The van der Waals surface area contributed by atoms with Crippen LogP contribution in [0.15, 0.2) is 42.5 Å². The fraction of sp³-hybridized carbons (Fsp3) is 0.444. The molecule has 0 radical (unpaired) electrons. The molecule has 0 saturated heterocycles. The van der Waals surface area contributed by atoms with E-state index in [-0.39, 0.29) is 0 Å². The third kappa shape index (κ3) is 1.97. The van der Waals surface area contributed by atoms with E-state index in [2.05, 4.69) is 54.7 Å². The summed E-state index contributed by atoms with van der Waals surface area (Å²) >= 11 is 0. The Bertz CT molecular complexity index is 609. The minimum atomic E-state index is 0.392. The quantitative estimate of drug-likeness (QED) is 0.870. The second kappa shape index (κ2) is 4.08. The molecule has 0 heterocycles. The Morgan fingerprint density at radius 1 is 1.11 bits per heavy atom. The standard InChI is InChI=1S/C18H21N/c1-18(11-14(18)12-19-15-9-10-15)17-8-4-6-13-5-2-3-7-16(13)17/h2-8,14-15,19H,9-12H2,1H3. The first-order valence-corrected chi connectivity index (χ1v) is 7.49. The maximum atomic E-state index is 3.69. The van der Waals surface area contributed by atoms with Crippen LogP contribution in [0.2, 0.25) is 0 Å². The van der Waals surface area contributed by atoms with Crippen molar-refractivity contribution in [3.05, 3.63) is 48.0 Å². The zero-order valence-corrected chi connectivity index (χ0v) is 11.5. The van der Waals surface area contributed by atoms with Crippen LogP contribution in [0.5, 0.6) is 0 Å². The van der Waals surface area contributed by atoms with Gasteiger partial charge in [-0.25, -0.2) is 0 Å². The van der Waals surface area contributed by atoms with Gasteiger partial charge in [0, 0.05) is 6.04 Å². The third-order valence-electron chi connectivity index (χ3n) is 5.05. The number of hydrogen-bond donors (Lipinski definition) is 1. The van der Waals surface area contributed by atoms with Crippen molar-refractivity contribution in [3.8, 4) is 0 Å². The molecule has 1 heteroatoms. The lowest BCUT2D eigenvalue weighted by molar-refractivity contribution is 0.577. The first-order valence-electron chi connectivity index (χ1n) is 7.49. The Morgan fingerprint density at radius 2 is 1.89 bits per heavy atom. The molecule has 1 N–H and O–H groups in total. The lowest BCUT2D eigenvalue weighted by atomic mass is 9.90. The molecule has 1 nitrogen and oxygen atoms in total. The third-order valence-corrected chi connectivity index (χ3v) is 5.05. The summed E-state index contributed by atoms with van der Waals surface area (Å²) in [7, 11) is 0. The number of hydrogen-bond acceptors (Lipinski definition) is 1. The van der Waals surface area contributed by atoms with Gasteiger partial charge in [-0.05, 0) is 53.5 Å². The van der Waals surface area contributed by atoms with Crippen LogP contribution in [-0.4, -0.2) is 12.6 Å². The number of nitrogens with one attached hydrogen (secondary N) is 1. The molecule has 2 fully saturated rings. The summed E-state index contributed by atoms with van der Waals surface area (Å²) in [6.07, 6.45) is 4.11. The predicted octanol–water partition coefficient (Wildman–Crippen LogP) is 3.87. The maximum absolute atomic E-state index is 3.69. The molecule has 0 bridgehead atoms. The summed E-state index contributed by atoms with van der Waals surface area (Å²) in [5.74, 6) is 0.818. The Hall–Kier alpha value is -1.34. The lowest BCUT2D eigenvalue weighted by Crippen LogP contribution is -2.22. The van der Waals surface area contributed by atoms with Gasteiger partial charge >= 0.3 is 0 Å². The molecule has 4 rings (SSSR count). The highest BCUT2D eigenvalue weighted by molar-refractivity contribution is 5.87. The van der Waals surface area contributed by atoms with E-state index in [1.54, 1.807) is 5.56 Å². The van der Waals surface area contributed by atoms with E-state index in [4.69, 9.17) is 0 Å². The van der Waals surface area contributed by atoms with Crippen LogP contribution < -0.4 is 5.32 Å². The lowest BCUT2D eigenvalue weighted by Gasteiger charge is -2.15. The Morgan fingerprint density at radius 3 is 2.74 bits per heavy atom. The minimum Gasteiger partial charge on any atom is -0.314 e. The maximum Gasteiger partial charge on any atom is 0.00683 e. The van der Waals surface area contributed by atoms with E-state index in [1.807, 2.05) is 0 Å². The Kier molecular flexibility index (Phi) is 2.46. The van der Waals surface area contributed by atoms with Gasteiger partial charge in [0.25, 0.3) is 0 Å². The molecule has 2 saturated carbocycles. The molecule has 2 unspecified atom stereocenters. The van der Waals surface area contributed by atoms with Crippen molar-refractivity contribution in [1.29, 1.82) is 0 Å². The second-order valence-electron chi connectivity index (χ2n) is 6.53. The van der Waals surface area contributed by atoms with Gasteiger partial charge in [0.05, 0.1) is 0 Å². The van der Waals surface area contributed by atoms with E-state index < -0.39 is 0 Å². The van der Waals surface area contributed by atoms with Crippen LogP contribution in [0.1, 0.15) is 31.7 Å². The average Bonchev–Trinajstić information content (AvgIpc) is 3.34. The SMILES string of the molecule is CC1(c2cccc3ccccc23)CC1CNC1CC1. The summed E-state index contributed by atoms with van der Waals surface area (Å²) in [4.78, 5) is 0. The number of benzene rings is 2. The molecule has 2 aliphatic rings. The zero-order valence-electron chi connectivity index (χ0n) is 11.5. The first kappa shape index (κ1) is 11.5. The van der Waals surface area contributed by atoms with Gasteiger partial charge in [-0.15, -0.1) is 0 Å². The van der Waals surface area contributed by atoms with Crippen molar-refractivity contribution < 1.29 is 0 Å². The average molecular weight is 251 g/mol. The smallest absolute Gasteiger partial charge is 0.00683 e. The van der Waals surface area contributed by atoms with Gasteiger partial charge in [-0.1, -0.05) is 49.4 Å². The van der Waals surface area contributed by atoms with E-state index in [9.17, 15) is 0 Å². The molecule has 0 spiro atoms. The number of fused-ring (bicyclic) bond motifs is 1. The highest BCUT2D eigenvalue weighted by atomic mass is 15.0.